The van der Waals surface area contributed by atoms with E-state index in [1.54, 1.807) is 30.3 Å². The number of nitrogens with two attached hydrogens (primary N) is 1. The van der Waals surface area contributed by atoms with Crippen LogP contribution >= 0.6 is 11.8 Å². The van der Waals surface area contributed by atoms with Crippen molar-refractivity contribution in [1.29, 1.82) is 0 Å². The summed E-state index contributed by atoms with van der Waals surface area (Å²) in [7, 11) is -4.04. The Morgan fingerprint density at radius 1 is 1.39 bits per heavy atom. The van der Waals surface area contributed by atoms with Crippen molar-refractivity contribution in [2.75, 3.05) is 5.75 Å². The fourth-order valence-electron chi connectivity index (χ4n) is 1.47. The quantitative estimate of drug-likeness (QED) is 0.248. The molecule has 0 aromatic heterocycles. The molecule has 0 amide bonds. The Labute approximate surface area is 136 Å². The summed E-state index contributed by atoms with van der Waals surface area (Å²) in [4.78, 5) is 21.7. The Morgan fingerprint density at radius 3 is 2.39 bits per heavy atom. The summed E-state index contributed by atoms with van der Waals surface area (Å²) in [6.45, 7) is 1.17. The van der Waals surface area contributed by atoms with Crippen LogP contribution < -0.4 is 5.14 Å². The number of rotatable bonds is 7. The van der Waals surface area contributed by atoms with E-state index in [0.29, 0.717) is 4.90 Å². The molecule has 124 valence electrons. The number of nitrogens with zero attached hydrogens (tertiary/aromatic N) is 1. The van der Waals surface area contributed by atoms with Crippen LogP contribution in [0.2, 0.25) is 0 Å². The number of hydrogen-bond donors (Lipinski definition) is 2. The van der Waals surface area contributed by atoms with Gasteiger partial charge < -0.3 is 5.11 Å². The second kappa shape index (κ2) is 7.90. The molecule has 0 heterocycles. The lowest BCUT2D eigenvalue weighted by Gasteiger charge is -2.07. The molecule has 0 saturated heterocycles. The van der Waals surface area contributed by atoms with Gasteiger partial charge in [0.25, 0.3) is 5.70 Å². The summed E-state index contributed by atoms with van der Waals surface area (Å²) in [6, 6.07) is 8.37. The van der Waals surface area contributed by atoms with Gasteiger partial charge in [-0.2, -0.15) is 0 Å². The summed E-state index contributed by atoms with van der Waals surface area (Å²) in [5.74, 6) is -2.12. The molecule has 0 aliphatic rings. The lowest BCUT2D eigenvalue weighted by Crippen LogP contribution is -2.19. The smallest absolute Gasteiger partial charge is 0.331 e. The molecule has 1 aromatic carbocycles. The number of thioether (sulfide) groups is 1. The average molecular weight is 358 g/mol. The number of allylic oxidation sites excluding steroid dienone is 1. The number of hydrogen-bond acceptors (Lipinski definition) is 6. The summed E-state index contributed by atoms with van der Waals surface area (Å²) >= 11 is 0.847. The zero-order valence-electron chi connectivity index (χ0n) is 12.0. The van der Waals surface area contributed by atoms with Crippen LogP contribution in [0.15, 0.2) is 57.5 Å². The maximum atomic E-state index is 11.3. The Balaban J connectivity index is 3.44. The molecule has 0 radical (unpaired) electrons. The monoisotopic (exact) mass is 358 g/mol. The summed E-state index contributed by atoms with van der Waals surface area (Å²) < 4.78 is 22.7. The van der Waals surface area contributed by atoms with E-state index in [-0.39, 0.29) is 10.5 Å². The second-order valence-electron chi connectivity index (χ2n) is 4.42. The van der Waals surface area contributed by atoms with Crippen LogP contribution in [0.4, 0.5) is 0 Å². The molecule has 0 aliphatic carbocycles. The van der Waals surface area contributed by atoms with Crippen molar-refractivity contribution in [1.82, 2.24) is 0 Å². The summed E-state index contributed by atoms with van der Waals surface area (Å²) in [5.41, 5.74) is -0.912. The minimum atomic E-state index is -4.04. The first-order valence-electron chi connectivity index (χ1n) is 6.12. The summed E-state index contributed by atoms with van der Waals surface area (Å²) in [5, 5.41) is 25.1. The maximum Gasteiger partial charge on any atom is 0.331 e. The van der Waals surface area contributed by atoms with Crippen molar-refractivity contribution in [3.63, 3.8) is 0 Å². The predicted octanol–water partition coefficient (Wildman–Crippen LogP) is 1.59. The number of sulfonamides is 1. The van der Waals surface area contributed by atoms with Crippen molar-refractivity contribution in [3.8, 4) is 0 Å². The van der Waals surface area contributed by atoms with E-state index >= 15 is 0 Å². The largest absolute Gasteiger partial charge is 0.478 e. The Morgan fingerprint density at radius 2 is 1.96 bits per heavy atom. The number of carbonyl (C=O) groups is 1. The van der Waals surface area contributed by atoms with Crippen molar-refractivity contribution in [2.45, 2.75) is 11.8 Å². The van der Waals surface area contributed by atoms with E-state index in [1.807, 2.05) is 0 Å². The Kier molecular flexibility index (Phi) is 6.49. The van der Waals surface area contributed by atoms with E-state index in [2.05, 4.69) is 0 Å². The molecule has 0 atom stereocenters. The number of benzene rings is 1. The molecule has 0 bridgehead atoms. The van der Waals surface area contributed by atoms with E-state index in [0.717, 1.165) is 17.8 Å². The number of aliphatic carboxylic acids is 1. The molecule has 3 N–H and O–H groups in total. The van der Waals surface area contributed by atoms with E-state index in [1.165, 1.54) is 6.92 Å². The third kappa shape index (κ3) is 6.63. The molecule has 0 saturated carbocycles. The second-order valence-corrected chi connectivity index (χ2v) is 7.20. The first-order chi connectivity index (χ1) is 10.6. The molecule has 0 spiro atoms. The van der Waals surface area contributed by atoms with Gasteiger partial charge in [-0.25, -0.2) is 18.4 Å². The van der Waals surface area contributed by atoms with Gasteiger partial charge in [-0.05, 0) is 19.1 Å². The molecule has 0 fully saturated rings. The zero-order valence-corrected chi connectivity index (χ0v) is 13.6. The van der Waals surface area contributed by atoms with Gasteiger partial charge >= 0.3 is 5.97 Å². The van der Waals surface area contributed by atoms with Crippen molar-refractivity contribution >= 4 is 27.8 Å². The van der Waals surface area contributed by atoms with Gasteiger partial charge in [-0.3, -0.25) is 10.1 Å². The Bertz CT molecular complexity index is 769. The highest BCUT2D eigenvalue weighted by atomic mass is 32.2. The Hall–Kier alpha value is -2.17. The van der Waals surface area contributed by atoms with Gasteiger partial charge in [-0.15, -0.1) is 0 Å². The first kappa shape index (κ1) is 18.9. The molecule has 0 aliphatic heterocycles. The number of nitro groups is 1. The van der Waals surface area contributed by atoms with Gasteiger partial charge in [-0.1, -0.05) is 30.0 Å². The van der Waals surface area contributed by atoms with Crippen LogP contribution in [0.1, 0.15) is 6.92 Å². The van der Waals surface area contributed by atoms with Crippen molar-refractivity contribution < 1.29 is 23.2 Å². The third-order valence-electron chi connectivity index (χ3n) is 2.49. The maximum absolute atomic E-state index is 11.3. The van der Waals surface area contributed by atoms with E-state index < -0.39 is 32.4 Å². The first-order valence-corrected chi connectivity index (χ1v) is 8.66. The van der Waals surface area contributed by atoms with Gasteiger partial charge in [0.1, 0.15) is 5.75 Å². The number of carboxylic acids is 1. The summed E-state index contributed by atoms with van der Waals surface area (Å²) in [6.07, 6.45) is 0.818. The van der Waals surface area contributed by atoms with E-state index in [4.69, 9.17) is 10.2 Å². The van der Waals surface area contributed by atoms with E-state index in [9.17, 15) is 23.3 Å². The van der Waals surface area contributed by atoms with Gasteiger partial charge in [0.05, 0.1) is 9.83 Å². The van der Waals surface area contributed by atoms with Crippen molar-refractivity contribution in [2.24, 2.45) is 5.14 Å². The predicted molar refractivity (Wildman–Crippen MR) is 85.7 cm³/mol. The third-order valence-corrected chi connectivity index (χ3v) is 4.47. The lowest BCUT2D eigenvalue weighted by molar-refractivity contribution is -0.419. The molecule has 8 nitrogen and oxygen atoms in total. The lowest BCUT2D eigenvalue weighted by atomic mass is 10.2. The molecule has 1 aromatic rings. The van der Waals surface area contributed by atoms with Crippen molar-refractivity contribution in [3.05, 3.63) is 62.7 Å². The van der Waals surface area contributed by atoms with Gasteiger partial charge in [0.15, 0.2) is 0 Å². The number of carboxylic acid groups (broad SMARTS) is 1. The van der Waals surface area contributed by atoms with Crippen LogP contribution in [-0.2, 0) is 14.8 Å². The highest BCUT2D eigenvalue weighted by Gasteiger charge is 2.23. The molecule has 1 rings (SSSR count). The van der Waals surface area contributed by atoms with Crippen LogP contribution in [-0.4, -0.2) is 30.2 Å². The topological polar surface area (TPSA) is 141 Å². The molecular formula is C13H14N2O6S2. The minimum absolute atomic E-state index is 0.163. The van der Waals surface area contributed by atoms with Crippen LogP contribution in [0.5, 0.6) is 0 Å². The van der Waals surface area contributed by atoms with Gasteiger partial charge in [0.2, 0.25) is 10.0 Å². The molecule has 0 unspecified atom stereocenters. The molecular weight excluding hydrogens is 344 g/mol. The number of primary sulfonamides is 1. The van der Waals surface area contributed by atoms with Crippen LogP contribution in [0.25, 0.3) is 0 Å². The SMILES string of the molecule is C/C(=C\C(=C(/CS(N)(=O)=O)Sc1ccccc1)[N+](=O)[O-])C(=O)O. The molecule has 10 heteroatoms. The van der Waals surface area contributed by atoms with Crippen LogP contribution in [0, 0.1) is 10.1 Å². The minimum Gasteiger partial charge on any atom is -0.478 e. The molecule has 23 heavy (non-hydrogen) atoms. The van der Waals surface area contributed by atoms with Gasteiger partial charge in [0, 0.05) is 16.5 Å². The normalized spacial score (nSPS) is 13.4. The fraction of sp³-hybridized carbons (Fsp3) is 0.154. The standard InChI is InChI=1S/C13H14N2O6S2/c1-9(13(16)17)7-11(15(18)19)12(8-23(14,20)21)22-10-5-3-2-4-6-10/h2-7H,8H2,1H3,(H,16,17)(H2,14,20,21)/b9-7+,12-11-. The fourth-order valence-corrected chi connectivity index (χ4v) is 3.53. The highest BCUT2D eigenvalue weighted by molar-refractivity contribution is 8.04. The zero-order chi connectivity index (χ0) is 17.6. The highest BCUT2D eigenvalue weighted by Crippen LogP contribution is 2.30. The van der Waals surface area contributed by atoms with Crippen LogP contribution in [0.3, 0.4) is 0 Å². The average Bonchev–Trinajstić information content (AvgIpc) is 2.42.